The van der Waals surface area contributed by atoms with E-state index in [1.165, 1.54) is 6.07 Å². The summed E-state index contributed by atoms with van der Waals surface area (Å²) in [6.45, 7) is 3.98. The third-order valence-electron chi connectivity index (χ3n) is 3.28. The molecule has 2 aromatic carbocycles. The van der Waals surface area contributed by atoms with Crippen LogP contribution in [0.5, 0.6) is 0 Å². The Hall–Kier alpha value is -1.67. The monoisotopic (exact) mass is 243 g/mol. The van der Waals surface area contributed by atoms with E-state index in [1.54, 1.807) is 12.1 Å². The molecule has 0 saturated carbocycles. The van der Waals surface area contributed by atoms with Crippen LogP contribution in [0.1, 0.15) is 23.6 Å². The summed E-state index contributed by atoms with van der Waals surface area (Å²) in [5.74, 6) is -0.192. The highest BCUT2D eigenvalue weighted by Crippen LogP contribution is 2.26. The number of hydrogen-bond donors (Lipinski definition) is 1. The van der Waals surface area contributed by atoms with E-state index in [-0.39, 0.29) is 5.82 Å². The van der Waals surface area contributed by atoms with Crippen LogP contribution >= 0.6 is 0 Å². The Morgan fingerprint density at radius 3 is 2.33 bits per heavy atom. The molecular weight excluding hydrogens is 225 g/mol. The quantitative estimate of drug-likeness (QED) is 0.876. The highest BCUT2D eigenvalue weighted by molar-refractivity contribution is 5.34. The van der Waals surface area contributed by atoms with Gasteiger partial charge in [0.05, 0.1) is 0 Å². The average molecular weight is 243 g/mol. The van der Waals surface area contributed by atoms with Gasteiger partial charge in [-0.3, -0.25) is 0 Å². The van der Waals surface area contributed by atoms with Crippen molar-refractivity contribution in [2.24, 2.45) is 5.73 Å². The Balaban J connectivity index is 2.33. The Morgan fingerprint density at radius 1 is 1.06 bits per heavy atom. The van der Waals surface area contributed by atoms with E-state index in [2.05, 4.69) is 0 Å². The zero-order valence-electron chi connectivity index (χ0n) is 10.8. The second-order valence-electron chi connectivity index (χ2n) is 5.00. The zero-order chi connectivity index (χ0) is 13.2. The van der Waals surface area contributed by atoms with Gasteiger partial charge in [0.15, 0.2) is 0 Å². The standard InChI is InChI=1S/C16H18FN/c1-12-7-3-5-9-14(12)16(2,18)11-13-8-4-6-10-15(13)17/h3-10H,11,18H2,1-2H3. The normalized spacial score (nSPS) is 14.2. The van der Waals surface area contributed by atoms with Crippen molar-refractivity contribution in [3.8, 4) is 0 Å². The number of rotatable bonds is 3. The van der Waals surface area contributed by atoms with Crippen molar-refractivity contribution in [1.82, 2.24) is 0 Å². The number of hydrogen-bond acceptors (Lipinski definition) is 1. The zero-order valence-corrected chi connectivity index (χ0v) is 10.8. The third kappa shape index (κ3) is 2.59. The molecule has 94 valence electrons. The molecule has 2 rings (SSSR count). The predicted molar refractivity (Wildman–Crippen MR) is 72.8 cm³/mol. The first kappa shape index (κ1) is 12.8. The topological polar surface area (TPSA) is 26.0 Å². The van der Waals surface area contributed by atoms with E-state index in [1.807, 2.05) is 44.2 Å². The minimum atomic E-state index is -0.562. The van der Waals surface area contributed by atoms with Crippen molar-refractivity contribution in [2.45, 2.75) is 25.8 Å². The molecule has 0 spiro atoms. The Morgan fingerprint density at radius 2 is 1.67 bits per heavy atom. The Bertz CT molecular complexity index is 546. The van der Waals surface area contributed by atoms with Crippen molar-refractivity contribution >= 4 is 0 Å². The van der Waals surface area contributed by atoms with Crippen LogP contribution in [0.4, 0.5) is 4.39 Å². The van der Waals surface area contributed by atoms with Crippen LogP contribution in [-0.4, -0.2) is 0 Å². The average Bonchev–Trinajstić information content (AvgIpc) is 2.32. The second-order valence-corrected chi connectivity index (χ2v) is 5.00. The summed E-state index contributed by atoms with van der Waals surface area (Å²) in [4.78, 5) is 0. The van der Waals surface area contributed by atoms with Crippen LogP contribution in [0, 0.1) is 12.7 Å². The Kier molecular flexibility index (Phi) is 3.48. The predicted octanol–water partition coefficient (Wildman–Crippen LogP) is 3.55. The van der Waals surface area contributed by atoms with E-state index < -0.39 is 5.54 Å². The van der Waals surface area contributed by atoms with Crippen molar-refractivity contribution in [2.75, 3.05) is 0 Å². The lowest BCUT2D eigenvalue weighted by atomic mass is 9.84. The van der Waals surface area contributed by atoms with Gasteiger partial charge in [0.25, 0.3) is 0 Å². The summed E-state index contributed by atoms with van der Waals surface area (Å²) in [7, 11) is 0. The lowest BCUT2D eigenvalue weighted by molar-refractivity contribution is 0.473. The first-order valence-corrected chi connectivity index (χ1v) is 6.09. The molecule has 0 radical (unpaired) electrons. The van der Waals surface area contributed by atoms with Gasteiger partial charge in [-0.1, -0.05) is 42.5 Å². The van der Waals surface area contributed by atoms with E-state index in [9.17, 15) is 4.39 Å². The van der Waals surface area contributed by atoms with E-state index >= 15 is 0 Å². The van der Waals surface area contributed by atoms with Gasteiger partial charge in [0, 0.05) is 5.54 Å². The van der Waals surface area contributed by atoms with Crippen LogP contribution < -0.4 is 5.73 Å². The molecule has 1 unspecified atom stereocenters. The molecule has 0 aliphatic carbocycles. The fraction of sp³-hybridized carbons (Fsp3) is 0.250. The molecule has 0 heterocycles. The summed E-state index contributed by atoms with van der Waals surface area (Å²) < 4.78 is 13.7. The van der Waals surface area contributed by atoms with Gasteiger partial charge in [-0.05, 0) is 43.0 Å². The fourth-order valence-corrected chi connectivity index (χ4v) is 2.35. The molecule has 0 fully saturated rings. The number of aryl methyl sites for hydroxylation is 1. The summed E-state index contributed by atoms with van der Waals surface area (Å²) in [5.41, 5.74) is 8.67. The Labute approximate surface area is 107 Å². The maximum atomic E-state index is 13.7. The third-order valence-corrected chi connectivity index (χ3v) is 3.28. The molecule has 2 aromatic rings. The van der Waals surface area contributed by atoms with Gasteiger partial charge in [-0.2, -0.15) is 0 Å². The lowest BCUT2D eigenvalue weighted by Crippen LogP contribution is -2.36. The molecule has 2 N–H and O–H groups in total. The van der Waals surface area contributed by atoms with E-state index in [0.717, 1.165) is 11.1 Å². The summed E-state index contributed by atoms with van der Waals surface area (Å²) >= 11 is 0. The first-order valence-electron chi connectivity index (χ1n) is 6.09. The van der Waals surface area contributed by atoms with Crippen LogP contribution in [0.25, 0.3) is 0 Å². The maximum Gasteiger partial charge on any atom is 0.126 e. The number of halogens is 1. The molecule has 0 aromatic heterocycles. The minimum Gasteiger partial charge on any atom is -0.321 e. The highest BCUT2D eigenvalue weighted by Gasteiger charge is 2.24. The molecule has 1 atom stereocenters. The summed E-state index contributed by atoms with van der Waals surface area (Å²) in [5, 5.41) is 0. The fourth-order valence-electron chi connectivity index (χ4n) is 2.35. The molecule has 18 heavy (non-hydrogen) atoms. The molecular formula is C16H18FN. The molecule has 0 saturated heterocycles. The molecule has 1 nitrogen and oxygen atoms in total. The molecule has 0 aliphatic rings. The number of nitrogens with two attached hydrogens (primary N) is 1. The molecule has 0 aliphatic heterocycles. The SMILES string of the molecule is Cc1ccccc1C(C)(N)Cc1ccccc1F. The molecule has 0 amide bonds. The second kappa shape index (κ2) is 4.91. The van der Waals surface area contributed by atoms with Crippen molar-refractivity contribution < 1.29 is 4.39 Å². The largest absolute Gasteiger partial charge is 0.321 e. The molecule has 0 bridgehead atoms. The smallest absolute Gasteiger partial charge is 0.126 e. The van der Waals surface area contributed by atoms with Crippen molar-refractivity contribution in [1.29, 1.82) is 0 Å². The van der Waals surface area contributed by atoms with Gasteiger partial charge >= 0.3 is 0 Å². The van der Waals surface area contributed by atoms with Gasteiger partial charge in [-0.15, -0.1) is 0 Å². The van der Waals surface area contributed by atoms with Crippen molar-refractivity contribution in [3.63, 3.8) is 0 Å². The van der Waals surface area contributed by atoms with Crippen LogP contribution in [-0.2, 0) is 12.0 Å². The van der Waals surface area contributed by atoms with Gasteiger partial charge in [-0.25, -0.2) is 4.39 Å². The van der Waals surface area contributed by atoms with E-state index in [0.29, 0.717) is 12.0 Å². The number of benzene rings is 2. The summed E-state index contributed by atoms with van der Waals surface area (Å²) in [6, 6.07) is 14.8. The van der Waals surface area contributed by atoms with E-state index in [4.69, 9.17) is 5.73 Å². The van der Waals surface area contributed by atoms with Gasteiger partial charge in [0.2, 0.25) is 0 Å². The molecule has 2 heteroatoms. The van der Waals surface area contributed by atoms with Gasteiger partial charge in [0.1, 0.15) is 5.82 Å². The van der Waals surface area contributed by atoms with Crippen LogP contribution in [0.2, 0.25) is 0 Å². The summed E-state index contributed by atoms with van der Waals surface area (Å²) in [6.07, 6.45) is 0.491. The van der Waals surface area contributed by atoms with Gasteiger partial charge < -0.3 is 5.73 Å². The lowest BCUT2D eigenvalue weighted by Gasteiger charge is -2.27. The van der Waals surface area contributed by atoms with Crippen LogP contribution in [0.15, 0.2) is 48.5 Å². The van der Waals surface area contributed by atoms with Crippen LogP contribution in [0.3, 0.4) is 0 Å². The maximum absolute atomic E-state index is 13.7. The van der Waals surface area contributed by atoms with Crippen molar-refractivity contribution in [3.05, 3.63) is 71.0 Å². The first-order chi connectivity index (χ1) is 8.50. The minimum absolute atomic E-state index is 0.192. The highest BCUT2D eigenvalue weighted by atomic mass is 19.1.